The summed E-state index contributed by atoms with van der Waals surface area (Å²) in [6.07, 6.45) is 1.69. The molecule has 0 radical (unpaired) electrons. The number of H-pyrrole nitrogens is 1. The quantitative estimate of drug-likeness (QED) is 0.823. The van der Waals surface area contributed by atoms with Gasteiger partial charge in [-0.2, -0.15) is 5.26 Å². The number of nitriles is 1. The van der Waals surface area contributed by atoms with E-state index < -0.39 is 0 Å². The molecule has 0 atom stereocenters. The van der Waals surface area contributed by atoms with E-state index in [1.54, 1.807) is 12.3 Å². The van der Waals surface area contributed by atoms with E-state index in [4.69, 9.17) is 10.00 Å². The molecule has 1 N–H and O–H groups in total. The summed E-state index contributed by atoms with van der Waals surface area (Å²) in [4.78, 5) is 2.81. The highest BCUT2D eigenvalue weighted by Gasteiger charge is 2.03. The van der Waals surface area contributed by atoms with Crippen LogP contribution in [0.25, 0.3) is 0 Å². The number of benzene rings is 1. The van der Waals surface area contributed by atoms with Crippen LogP contribution in [0.1, 0.15) is 11.3 Å². The predicted octanol–water partition coefficient (Wildman–Crippen LogP) is 2.47. The van der Waals surface area contributed by atoms with Crippen LogP contribution in [0.4, 0.5) is 0 Å². The Morgan fingerprint density at radius 1 is 1.20 bits per heavy atom. The van der Waals surface area contributed by atoms with Gasteiger partial charge in [-0.3, -0.25) is 0 Å². The molecule has 0 saturated carbocycles. The fourth-order valence-electron chi connectivity index (χ4n) is 1.30. The smallest absolute Gasteiger partial charge is 0.160 e. The molecule has 0 spiro atoms. The largest absolute Gasteiger partial charge is 0.486 e. The third-order valence-corrected chi connectivity index (χ3v) is 2.06. The van der Waals surface area contributed by atoms with Crippen LogP contribution in [0.3, 0.4) is 0 Å². The van der Waals surface area contributed by atoms with E-state index in [0.717, 1.165) is 5.56 Å². The van der Waals surface area contributed by atoms with E-state index in [1.807, 2.05) is 36.4 Å². The average Bonchev–Trinajstić information content (AvgIpc) is 2.75. The molecule has 15 heavy (non-hydrogen) atoms. The molecule has 0 bridgehead atoms. The van der Waals surface area contributed by atoms with Crippen LogP contribution >= 0.6 is 0 Å². The molecule has 0 unspecified atom stereocenters. The summed E-state index contributed by atoms with van der Waals surface area (Å²) in [5.41, 5.74) is 1.55. The summed E-state index contributed by atoms with van der Waals surface area (Å²) in [6.45, 7) is 0.480. The van der Waals surface area contributed by atoms with Crippen LogP contribution < -0.4 is 4.74 Å². The standard InChI is InChI=1S/C12H10N2O/c13-8-11-12(6-7-14-11)15-9-10-4-2-1-3-5-10/h1-7,14H,9H2. The highest BCUT2D eigenvalue weighted by atomic mass is 16.5. The number of hydrogen-bond donors (Lipinski definition) is 1. The number of ether oxygens (including phenoxy) is 1. The number of rotatable bonds is 3. The maximum absolute atomic E-state index is 8.74. The molecule has 0 amide bonds. The van der Waals surface area contributed by atoms with Gasteiger partial charge in [0.1, 0.15) is 12.7 Å². The Labute approximate surface area is 87.9 Å². The number of aromatic amines is 1. The number of aromatic nitrogens is 1. The van der Waals surface area contributed by atoms with E-state index >= 15 is 0 Å². The summed E-state index contributed by atoms with van der Waals surface area (Å²) >= 11 is 0. The van der Waals surface area contributed by atoms with Gasteiger partial charge in [0.05, 0.1) is 0 Å². The monoisotopic (exact) mass is 198 g/mol. The van der Waals surface area contributed by atoms with Crippen LogP contribution in [-0.2, 0) is 6.61 Å². The molecule has 1 heterocycles. The lowest BCUT2D eigenvalue weighted by molar-refractivity contribution is 0.306. The third-order valence-electron chi connectivity index (χ3n) is 2.06. The van der Waals surface area contributed by atoms with Crippen molar-refractivity contribution in [1.82, 2.24) is 4.98 Å². The second-order valence-corrected chi connectivity index (χ2v) is 3.10. The van der Waals surface area contributed by atoms with E-state index in [-0.39, 0.29) is 0 Å². The van der Waals surface area contributed by atoms with E-state index in [9.17, 15) is 0 Å². The Balaban J connectivity index is 2.03. The molecule has 1 aromatic heterocycles. The van der Waals surface area contributed by atoms with Crippen LogP contribution in [0, 0.1) is 11.3 Å². The van der Waals surface area contributed by atoms with Crippen molar-refractivity contribution in [2.45, 2.75) is 6.61 Å². The lowest BCUT2D eigenvalue weighted by Crippen LogP contribution is -1.95. The maximum atomic E-state index is 8.74. The zero-order valence-electron chi connectivity index (χ0n) is 8.10. The molecule has 0 aliphatic rings. The van der Waals surface area contributed by atoms with Gasteiger partial charge in [0.15, 0.2) is 11.4 Å². The first-order valence-electron chi connectivity index (χ1n) is 4.64. The number of hydrogen-bond acceptors (Lipinski definition) is 2. The molecule has 3 heteroatoms. The lowest BCUT2D eigenvalue weighted by Gasteiger charge is -2.03. The van der Waals surface area contributed by atoms with E-state index in [2.05, 4.69) is 4.98 Å². The van der Waals surface area contributed by atoms with Gasteiger partial charge in [-0.15, -0.1) is 0 Å². The average molecular weight is 198 g/mol. The minimum Gasteiger partial charge on any atom is -0.486 e. The molecule has 2 aromatic rings. The normalized spacial score (nSPS) is 9.53. The molecule has 3 nitrogen and oxygen atoms in total. The second kappa shape index (κ2) is 4.34. The second-order valence-electron chi connectivity index (χ2n) is 3.10. The first-order chi connectivity index (χ1) is 7.40. The Morgan fingerprint density at radius 3 is 2.73 bits per heavy atom. The SMILES string of the molecule is N#Cc1[nH]ccc1OCc1ccccc1. The first kappa shape index (κ1) is 9.35. The molecule has 0 fully saturated rings. The van der Waals surface area contributed by atoms with Gasteiger partial charge < -0.3 is 9.72 Å². The van der Waals surface area contributed by atoms with Gasteiger partial charge in [-0.1, -0.05) is 30.3 Å². The number of nitrogens with zero attached hydrogens (tertiary/aromatic N) is 1. The predicted molar refractivity (Wildman–Crippen MR) is 56.3 cm³/mol. The van der Waals surface area contributed by atoms with Gasteiger partial charge >= 0.3 is 0 Å². The fraction of sp³-hybridized carbons (Fsp3) is 0.0833. The summed E-state index contributed by atoms with van der Waals surface area (Å²) in [7, 11) is 0. The molecule has 1 aromatic carbocycles. The Bertz CT molecular complexity index is 468. The van der Waals surface area contributed by atoms with Gasteiger partial charge in [0.2, 0.25) is 0 Å². The van der Waals surface area contributed by atoms with E-state index in [0.29, 0.717) is 18.1 Å². The Hall–Kier alpha value is -2.21. The Morgan fingerprint density at radius 2 is 2.00 bits per heavy atom. The molecule has 0 aliphatic carbocycles. The zero-order chi connectivity index (χ0) is 10.5. The van der Waals surface area contributed by atoms with Crippen LogP contribution in [-0.4, -0.2) is 4.98 Å². The molecular formula is C12H10N2O. The summed E-state index contributed by atoms with van der Waals surface area (Å²) in [6, 6.07) is 13.6. The lowest BCUT2D eigenvalue weighted by atomic mass is 10.2. The van der Waals surface area contributed by atoms with Crippen molar-refractivity contribution in [1.29, 1.82) is 5.26 Å². The van der Waals surface area contributed by atoms with Gasteiger partial charge in [0.25, 0.3) is 0 Å². The summed E-state index contributed by atoms with van der Waals surface area (Å²) in [5, 5.41) is 8.74. The van der Waals surface area contributed by atoms with Crippen molar-refractivity contribution in [2.24, 2.45) is 0 Å². The summed E-state index contributed by atoms with van der Waals surface area (Å²) in [5.74, 6) is 0.598. The van der Waals surface area contributed by atoms with Crippen LogP contribution in [0.2, 0.25) is 0 Å². The van der Waals surface area contributed by atoms with Crippen molar-refractivity contribution in [3.05, 3.63) is 53.9 Å². The van der Waals surface area contributed by atoms with Gasteiger partial charge in [-0.05, 0) is 11.6 Å². The topological polar surface area (TPSA) is 48.8 Å². The molecule has 0 aliphatic heterocycles. The van der Waals surface area contributed by atoms with Gasteiger partial charge in [-0.25, -0.2) is 0 Å². The maximum Gasteiger partial charge on any atom is 0.160 e. The van der Waals surface area contributed by atoms with Crippen molar-refractivity contribution in [2.75, 3.05) is 0 Å². The fourth-order valence-corrected chi connectivity index (χ4v) is 1.30. The molecule has 0 saturated heterocycles. The third kappa shape index (κ3) is 2.18. The molecule has 2 rings (SSSR count). The highest BCUT2D eigenvalue weighted by molar-refractivity contribution is 5.37. The first-order valence-corrected chi connectivity index (χ1v) is 4.64. The highest BCUT2D eigenvalue weighted by Crippen LogP contribution is 2.16. The minimum atomic E-state index is 0.464. The van der Waals surface area contributed by atoms with E-state index in [1.165, 1.54) is 0 Å². The summed E-state index contributed by atoms with van der Waals surface area (Å²) < 4.78 is 5.50. The Kier molecular flexibility index (Phi) is 2.70. The van der Waals surface area contributed by atoms with Crippen molar-refractivity contribution in [3.8, 4) is 11.8 Å². The van der Waals surface area contributed by atoms with Gasteiger partial charge in [0, 0.05) is 6.20 Å². The molecule has 74 valence electrons. The van der Waals surface area contributed by atoms with Crippen molar-refractivity contribution in [3.63, 3.8) is 0 Å². The van der Waals surface area contributed by atoms with Crippen LogP contribution in [0.15, 0.2) is 42.6 Å². The molecular weight excluding hydrogens is 188 g/mol. The van der Waals surface area contributed by atoms with Crippen LogP contribution in [0.5, 0.6) is 5.75 Å². The zero-order valence-corrected chi connectivity index (χ0v) is 8.10. The number of nitrogens with one attached hydrogen (secondary N) is 1. The van der Waals surface area contributed by atoms with Crippen molar-refractivity contribution < 1.29 is 4.74 Å². The van der Waals surface area contributed by atoms with Crippen molar-refractivity contribution >= 4 is 0 Å². The minimum absolute atomic E-state index is 0.464.